The van der Waals surface area contributed by atoms with Crippen LogP contribution >= 0.6 is 23.5 Å². The average molecular weight is 314 g/mol. The van der Waals surface area contributed by atoms with E-state index < -0.39 is 0 Å². The second-order valence-corrected chi connectivity index (χ2v) is 8.70. The number of thioether (sulfide) groups is 2. The van der Waals surface area contributed by atoms with Gasteiger partial charge in [0.15, 0.2) is 4.93 Å². The van der Waals surface area contributed by atoms with Crippen LogP contribution in [-0.2, 0) is 6.42 Å². The Morgan fingerprint density at radius 2 is 1.86 bits per heavy atom. The Labute approximate surface area is 134 Å². The molecule has 3 heteroatoms. The van der Waals surface area contributed by atoms with E-state index in [0.717, 1.165) is 18.6 Å². The molecule has 2 saturated heterocycles. The Balaban J connectivity index is 1.48. The van der Waals surface area contributed by atoms with Crippen molar-refractivity contribution in [1.29, 1.82) is 0 Å². The monoisotopic (exact) mass is 314 g/mol. The van der Waals surface area contributed by atoms with Crippen LogP contribution in [-0.4, -0.2) is 20.2 Å². The zero-order valence-corrected chi connectivity index (χ0v) is 13.5. The van der Waals surface area contributed by atoms with Crippen molar-refractivity contribution < 1.29 is 4.74 Å². The average Bonchev–Trinajstić information content (AvgIpc) is 3.35. The first-order valence-corrected chi connectivity index (χ1v) is 9.03. The molecule has 2 heterocycles. The molecule has 108 valence electrons. The normalized spacial score (nSPS) is 38.1. The van der Waals surface area contributed by atoms with E-state index in [0.29, 0.717) is 15.2 Å². The van der Waals surface area contributed by atoms with E-state index in [2.05, 4.69) is 61.3 Å². The van der Waals surface area contributed by atoms with Crippen LogP contribution in [0.1, 0.15) is 12.0 Å². The van der Waals surface area contributed by atoms with Crippen LogP contribution in [0.3, 0.4) is 0 Å². The highest BCUT2D eigenvalue weighted by molar-refractivity contribution is 8.14. The molecule has 1 aliphatic carbocycles. The molecule has 0 bridgehead atoms. The lowest BCUT2D eigenvalue weighted by atomic mass is 9.91. The summed E-state index contributed by atoms with van der Waals surface area (Å²) < 4.78 is 6.61. The van der Waals surface area contributed by atoms with Gasteiger partial charge < -0.3 is 4.74 Å². The zero-order chi connectivity index (χ0) is 14.5. The van der Waals surface area contributed by atoms with Gasteiger partial charge in [-0.05, 0) is 36.6 Å². The molecule has 1 aromatic carbocycles. The fraction of sp³-hybridized carbons (Fsp3) is 0.333. The highest BCUT2D eigenvalue weighted by Gasteiger charge is 2.74. The van der Waals surface area contributed by atoms with Gasteiger partial charge in [-0.2, -0.15) is 0 Å². The van der Waals surface area contributed by atoms with E-state index in [1.807, 2.05) is 23.9 Å². The highest BCUT2D eigenvalue weighted by atomic mass is 32.2. The van der Waals surface area contributed by atoms with Crippen molar-refractivity contribution in [3.63, 3.8) is 0 Å². The molecule has 0 aromatic heterocycles. The smallest absolute Gasteiger partial charge is 0.186 e. The summed E-state index contributed by atoms with van der Waals surface area (Å²) in [4.78, 5) is -0.112. The largest absolute Gasteiger partial charge is 0.472 e. The van der Waals surface area contributed by atoms with Crippen LogP contribution < -0.4 is 4.74 Å². The summed E-state index contributed by atoms with van der Waals surface area (Å²) in [5, 5.41) is 1.30. The Hall–Kier alpha value is -1.06. The number of benzene rings is 1. The van der Waals surface area contributed by atoms with Crippen LogP contribution in [0.25, 0.3) is 0 Å². The Morgan fingerprint density at radius 1 is 1.05 bits per heavy atom. The van der Waals surface area contributed by atoms with Crippen molar-refractivity contribution in [1.82, 2.24) is 0 Å². The predicted octanol–water partition coefficient (Wildman–Crippen LogP) is 4.61. The molecule has 0 spiro atoms. The number of ether oxygens (including phenoxy) is 1. The molecule has 4 rings (SSSR count). The molecule has 2 fully saturated rings. The number of hydrogen-bond donors (Lipinski definition) is 0. The molecule has 4 atom stereocenters. The third kappa shape index (κ3) is 2.18. The van der Waals surface area contributed by atoms with Gasteiger partial charge in [-0.1, -0.05) is 42.1 Å². The SMILES string of the molecule is C=CCc1ccc(OC23C=CC4(CC=C)SC4C2S3)cc1. The fourth-order valence-electron chi connectivity index (χ4n) is 3.10. The molecule has 0 saturated carbocycles. The van der Waals surface area contributed by atoms with E-state index in [1.165, 1.54) is 5.56 Å². The van der Waals surface area contributed by atoms with Crippen molar-refractivity contribution in [2.45, 2.75) is 33.0 Å². The van der Waals surface area contributed by atoms with Gasteiger partial charge in [0.2, 0.25) is 0 Å². The standard InChI is InChI=1S/C18H18OS2/c1-3-5-13-6-8-14(9-7-13)19-18-12-11-17(10-4-2)15(20-17)16(18)21-18/h3-4,6-9,11-12,15-16H,1-2,5,10H2. The quantitative estimate of drug-likeness (QED) is 0.561. The van der Waals surface area contributed by atoms with E-state index in [9.17, 15) is 0 Å². The van der Waals surface area contributed by atoms with Crippen LogP contribution in [0.4, 0.5) is 0 Å². The second kappa shape index (κ2) is 4.72. The van der Waals surface area contributed by atoms with Crippen molar-refractivity contribution in [3.8, 4) is 5.75 Å². The zero-order valence-electron chi connectivity index (χ0n) is 11.8. The Morgan fingerprint density at radius 3 is 2.57 bits per heavy atom. The van der Waals surface area contributed by atoms with E-state index in [-0.39, 0.29) is 4.93 Å². The minimum Gasteiger partial charge on any atom is -0.472 e. The van der Waals surface area contributed by atoms with Crippen LogP contribution in [0.15, 0.2) is 61.7 Å². The lowest BCUT2D eigenvalue weighted by Gasteiger charge is -2.19. The van der Waals surface area contributed by atoms with Gasteiger partial charge in [0, 0.05) is 5.25 Å². The van der Waals surface area contributed by atoms with Gasteiger partial charge in [-0.15, -0.1) is 24.9 Å². The molecule has 1 nitrogen and oxygen atoms in total. The molecule has 21 heavy (non-hydrogen) atoms. The molecule has 3 aliphatic rings. The summed E-state index contributed by atoms with van der Waals surface area (Å²) in [6, 6.07) is 8.39. The van der Waals surface area contributed by atoms with Gasteiger partial charge >= 0.3 is 0 Å². The summed E-state index contributed by atoms with van der Waals surface area (Å²) in [6.45, 7) is 7.65. The number of allylic oxidation sites excluding steroid dienone is 2. The first-order valence-electron chi connectivity index (χ1n) is 7.27. The van der Waals surface area contributed by atoms with Gasteiger partial charge in [-0.25, -0.2) is 0 Å². The number of rotatable bonds is 6. The molecular formula is C18H18OS2. The lowest BCUT2D eigenvalue weighted by molar-refractivity contribution is 0.240. The maximum Gasteiger partial charge on any atom is 0.186 e. The first-order chi connectivity index (χ1) is 10.2. The maximum absolute atomic E-state index is 6.28. The van der Waals surface area contributed by atoms with Crippen LogP contribution in [0.2, 0.25) is 0 Å². The van der Waals surface area contributed by atoms with Gasteiger partial charge in [0.25, 0.3) is 0 Å². The Kier molecular flexibility index (Phi) is 3.05. The third-order valence-corrected chi connectivity index (χ3v) is 7.66. The van der Waals surface area contributed by atoms with Crippen molar-refractivity contribution >= 4 is 23.5 Å². The van der Waals surface area contributed by atoms with E-state index >= 15 is 0 Å². The topological polar surface area (TPSA) is 9.23 Å². The number of hydrogen-bond acceptors (Lipinski definition) is 3. The first kappa shape index (κ1) is 13.6. The third-order valence-electron chi connectivity index (χ3n) is 4.34. The highest BCUT2D eigenvalue weighted by Crippen LogP contribution is 2.74. The Bertz CT molecular complexity index is 621. The van der Waals surface area contributed by atoms with E-state index in [4.69, 9.17) is 4.74 Å². The summed E-state index contributed by atoms with van der Waals surface area (Å²) >= 11 is 4.02. The van der Waals surface area contributed by atoms with Gasteiger partial charge in [0.1, 0.15) is 5.75 Å². The molecule has 0 N–H and O–H groups in total. The molecule has 2 aliphatic heterocycles. The van der Waals surface area contributed by atoms with Crippen molar-refractivity contribution in [3.05, 3.63) is 67.3 Å². The summed E-state index contributed by atoms with van der Waals surface area (Å²) in [6.07, 6.45) is 10.6. The molecule has 1 aromatic rings. The number of fused-ring (bicyclic) bond motifs is 3. The summed E-state index contributed by atoms with van der Waals surface area (Å²) in [7, 11) is 0. The van der Waals surface area contributed by atoms with E-state index in [1.54, 1.807) is 0 Å². The molecular weight excluding hydrogens is 296 g/mol. The molecule has 0 amide bonds. The lowest BCUT2D eigenvalue weighted by Crippen LogP contribution is -2.30. The molecule has 4 unspecified atom stereocenters. The fourth-order valence-corrected chi connectivity index (χ4v) is 6.26. The van der Waals surface area contributed by atoms with Crippen LogP contribution in [0.5, 0.6) is 5.75 Å². The predicted molar refractivity (Wildman–Crippen MR) is 93.1 cm³/mol. The van der Waals surface area contributed by atoms with Crippen molar-refractivity contribution in [2.24, 2.45) is 0 Å². The minimum absolute atomic E-state index is 0.112. The van der Waals surface area contributed by atoms with Crippen molar-refractivity contribution in [2.75, 3.05) is 0 Å². The van der Waals surface area contributed by atoms with Crippen LogP contribution in [0, 0.1) is 0 Å². The molecule has 0 radical (unpaired) electrons. The summed E-state index contributed by atoms with van der Waals surface area (Å²) in [5.41, 5.74) is 1.27. The second-order valence-electron chi connectivity index (χ2n) is 5.82. The van der Waals surface area contributed by atoms with Gasteiger partial charge in [-0.3, -0.25) is 0 Å². The summed E-state index contributed by atoms with van der Waals surface area (Å²) in [5.74, 6) is 0.962. The minimum atomic E-state index is -0.112. The maximum atomic E-state index is 6.28. The van der Waals surface area contributed by atoms with Gasteiger partial charge in [0.05, 0.1) is 10.00 Å².